The Morgan fingerprint density at radius 1 is 1.29 bits per heavy atom. The van der Waals surface area contributed by atoms with E-state index in [1.165, 1.54) is 22.6 Å². The summed E-state index contributed by atoms with van der Waals surface area (Å²) in [5.74, 6) is 0.417. The van der Waals surface area contributed by atoms with Crippen LogP contribution in [0.3, 0.4) is 0 Å². The number of hydrogen-bond donors (Lipinski definition) is 2. The number of thiazole rings is 1. The summed E-state index contributed by atoms with van der Waals surface area (Å²) in [5.41, 5.74) is 2.40. The molecular formula is C15H13N7OS. The van der Waals surface area contributed by atoms with E-state index in [9.17, 15) is 4.79 Å². The fourth-order valence-corrected chi connectivity index (χ4v) is 3.21. The van der Waals surface area contributed by atoms with Crippen molar-refractivity contribution in [2.45, 2.75) is 0 Å². The smallest absolute Gasteiger partial charge is 0.282 e. The number of fused-ring (bicyclic) bond motifs is 2. The summed E-state index contributed by atoms with van der Waals surface area (Å²) in [5, 5.41) is 11.5. The first-order chi connectivity index (χ1) is 11.6. The SMILES string of the molecule is CN(C)C(=O)c1nc2c(Nc3ccc4[nH]ncc4c3)ncnc2s1. The average Bonchev–Trinajstić information content (AvgIpc) is 3.20. The lowest BCUT2D eigenvalue weighted by Crippen LogP contribution is -2.21. The van der Waals surface area contributed by atoms with Crippen LogP contribution >= 0.6 is 11.3 Å². The molecule has 0 saturated heterocycles. The van der Waals surface area contributed by atoms with Crippen LogP contribution in [0.4, 0.5) is 11.5 Å². The normalized spacial score (nSPS) is 11.1. The summed E-state index contributed by atoms with van der Waals surface area (Å²) in [6, 6.07) is 5.82. The van der Waals surface area contributed by atoms with Crippen molar-refractivity contribution in [3.8, 4) is 0 Å². The monoisotopic (exact) mass is 339 g/mol. The molecule has 24 heavy (non-hydrogen) atoms. The van der Waals surface area contributed by atoms with E-state index >= 15 is 0 Å². The number of carbonyl (C=O) groups is 1. The Hall–Kier alpha value is -3.07. The van der Waals surface area contributed by atoms with Crippen LogP contribution in [-0.4, -0.2) is 50.1 Å². The minimum Gasteiger partial charge on any atom is -0.343 e. The van der Waals surface area contributed by atoms with E-state index < -0.39 is 0 Å². The van der Waals surface area contributed by atoms with E-state index in [0.29, 0.717) is 21.2 Å². The third-order valence-electron chi connectivity index (χ3n) is 3.49. The largest absolute Gasteiger partial charge is 0.343 e. The van der Waals surface area contributed by atoms with Crippen molar-refractivity contribution in [3.05, 3.63) is 35.7 Å². The highest BCUT2D eigenvalue weighted by Gasteiger charge is 2.17. The third-order valence-corrected chi connectivity index (χ3v) is 4.44. The Kier molecular flexibility index (Phi) is 3.35. The molecule has 2 N–H and O–H groups in total. The summed E-state index contributed by atoms with van der Waals surface area (Å²) >= 11 is 1.25. The molecule has 0 saturated carbocycles. The predicted octanol–water partition coefficient (Wildman–Crippen LogP) is 2.41. The number of H-pyrrole nitrogens is 1. The first kappa shape index (κ1) is 14.5. The van der Waals surface area contributed by atoms with Gasteiger partial charge in [-0.2, -0.15) is 5.10 Å². The zero-order valence-electron chi connectivity index (χ0n) is 12.9. The number of benzene rings is 1. The molecule has 1 aromatic carbocycles. The number of nitrogens with zero attached hydrogens (tertiary/aromatic N) is 5. The fourth-order valence-electron chi connectivity index (χ4n) is 2.29. The maximum Gasteiger partial charge on any atom is 0.282 e. The van der Waals surface area contributed by atoms with Crippen LogP contribution in [0.25, 0.3) is 21.3 Å². The number of aromatic nitrogens is 5. The number of amides is 1. The van der Waals surface area contributed by atoms with Gasteiger partial charge in [0.25, 0.3) is 5.91 Å². The van der Waals surface area contributed by atoms with Crippen LogP contribution in [-0.2, 0) is 0 Å². The van der Waals surface area contributed by atoms with Crippen LogP contribution < -0.4 is 5.32 Å². The van der Waals surface area contributed by atoms with E-state index in [0.717, 1.165) is 16.6 Å². The van der Waals surface area contributed by atoms with Crippen LogP contribution in [0.5, 0.6) is 0 Å². The van der Waals surface area contributed by atoms with E-state index in [1.54, 1.807) is 20.3 Å². The fraction of sp³-hybridized carbons (Fsp3) is 0.133. The van der Waals surface area contributed by atoms with Crippen molar-refractivity contribution in [1.29, 1.82) is 0 Å². The van der Waals surface area contributed by atoms with Crippen LogP contribution in [0.15, 0.2) is 30.7 Å². The highest BCUT2D eigenvalue weighted by Crippen LogP contribution is 2.28. The van der Waals surface area contributed by atoms with Crippen molar-refractivity contribution >= 4 is 50.0 Å². The van der Waals surface area contributed by atoms with E-state index in [-0.39, 0.29) is 5.91 Å². The van der Waals surface area contributed by atoms with Gasteiger partial charge in [-0.3, -0.25) is 9.89 Å². The van der Waals surface area contributed by atoms with Gasteiger partial charge in [0.05, 0.1) is 11.7 Å². The summed E-state index contributed by atoms with van der Waals surface area (Å²) < 4.78 is 0. The zero-order valence-corrected chi connectivity index (χ0v) is 13.8. The van der Waals surface area contributed by atoms with Crippen molar-refractivity contribution in [2.24, 2.45) is 0 Å². The lowest BCUT2D eigenvalue weighted by molar-refractivity contribution is 0.0827. The number of anilines is 2. The quantitative estimate of drug-likeness (QED) is 0.594. The number of aromatic amines is 1. The minimum atomic E-state index is -0.149. The minimum absolute atomic E-state index is 0.149. The Labute approximate surface area is 140 Å². The summed E-state index contributed by atoms with van der Waals surface area (Å²) in [4.78, 5) is 27.1. The molecule has 0 aliphatic heterocycles. The highest BCUT2D eigenvalue weighted by atomic mass is 32.1. The van der Waals surface area contributed by atoms with Crippen LogP contribution in [0.2, 0.25) is 0 Å². The van der Waals surface area contributed by atoms with E-state index in [1.807, 2.05) is 18.2 Å². The van der Waals surface area contributed by atoms with E-state index in [2.05, 4.69) is 30.5 Å². The van der Waals surface area contributed by atoms with Crippen molar-refractivity contribution < 1.29 is 4.79 Å². The lowest BCUT2D eigenvalue weighted by Gasteiger charge is -2.06. The Morgan fingerprint density at radius 3 is 3.00 bits per heavy atom. The molecule has 1 amide bonds. The molecule has 0 spiro atoms. The highest BCUT2D eigenvalue weighted by molar-refractivity contribution is 7.19. The summed E-state index contributed by atoms with van der Waals surface area (Å²) in [6.07, 6.45) is 3.22. The Balaban J connectivity index is 1.74. The van der Waals surface area contributed by atoms with Gasteiger partial charge in [-0.1, -0.05) is 11.3 Å². The molecule has 0 fully saturated rings. The van der Waals surface area contributed by atoms with E-state index in [4.69, 9.17) is 0 Å². The molecule has 4 aromatic rings. The van der Waals surface area contributed by atoms with Gasteiger partial charge in [-0.25, -0.2) is 15.0 Å². The van der Waals surface area contributed by atoms with Gasteiger partial charge in [0.2, 0.25) is 0 Å². The molecule has 0 unspecified atom stereocenters. The topological polar surface area (TPSA) is 99.7 Å². The molecule has 0 radical (unpaired) electrons. The van der Waals surface area contributed by atoms with Gasteiger partial charge in [0.1, 0.15) is 16.7 Å². The number of hydrogen-bond acceptors (Lipinski definition) is 7. The molecule has 4 rings (SSSR count). The van der Waals surface area contributed by atoms with Crippen molar-refractivity contribution in [1.82, 2.24) is 30.0 Å². The number of carbonyl (C=O) groups excluding carboxylic acids is 1. The van der Waals surface area contributed by atoms with Gasteiger partial charge in [-0.05, 0) is 18.2 Å². The Bertz CT molecular complexity index is 1050. The van der Waals surface area contributed by atoms with Crippen molar-refractivity contribution in [3.63, 3.8) is 0 Å². The lowest BCUT2D eigenvalue weighted by atomic mass is 10.2. The van der Waals surface area contributed by atoms with Gasteiger partial charge in [0.15, 0.2) is 10.8 Å². The first-order valence-corrected chi connectivity index (χ1v) is 7.97. The van der Waals surface area contributed by atoms with Gasteiger partial charge < -0.3 is 10.2 Å². The van der Waals surface area contributed by atoms with Gasteiger partial charge >= 0.3 is 0 Å². The molecule has 3 heterocycles. The number of rotatable bonds is 3. The third kappa shape index (κ3) is 2.44. The average molecular weight is 339 g/mol. The molecule has 120 valence electrons. The maximum atomic E-state index is 12.1. The maximum absolute atomic E-state index is 12.1. The molecule has 0 aliphatic rings. The second-order valence-electron chi connectivity index (χ2n) is 5.39. The molecule has 9 heteroatoms. The molecule has 3 aromatic heterocycles. The standard InChI is InChI=1S/C15H13N7OS/c1-22(2)15(23)14-20-11-12(16-7-17-13(11)24-14)19-9-3-4-10-8(5-9)6-18-21-10/h3-7H,1-2H3,(H,18,21)(H,16,17,19). The molecular weight excluding hydrogens is 326 g/mol. The van der Waals surface area contributed by atoms with Gasteiger partial charge in [0, 0.05) is 25.2 Å². The zero-order chi connectivity index (χ0) is 16.7. The van der Waals surface area contributed by atoms with Crippen molar-refractivity contribution in [2.75, 3.05) is 19.4 Å². The second kappa shape index (κ2) is 5.53. The number of nitrogens with one attached hydrogen (secondary N) is 2. The van der Waals surface area contributed by atoms with Crippen LogP contribution in [0, 0.1) is 0 Å². The molecule has 0 aliphatic carbocycles. The summed E-state index contributed by atoms with van der Waals surface area (Å²) in [6.45, 7) is 0. The van der Waals surface area contributed by atoms with Crippen LogP contribution in [0.1, 0.15) is 9.80 Å². The predicted molar refractivity (Wildman–Crippen MR) is 92.6 cm³/mol. The first-order valence-electron chi connectivity index (χ1n) is 7.15. The molecule has 8 nitrogen and oxygen atoms in total. The molecule has 0 bridgehead atoms. The summed E-state index contributed by atoms with van der Waals surface area (Å²) in [7, 11) is 3.39. The Morgan fingerprint density at radius 2 is 2.17 bits per heavy atom. The molecule has 0 atom stereocenters. The van der Waals surface area contributed by atoms with Gasteiger partial charge in [-0.15, -0.1) is 0 Å². The second-order valence-corrected chi connectivity index (χ2v) is 6.37.